The molecule has 4 aromatic carbocycles. The van der Waals surface area contributed by atoms with E-state index >= 15 is 0 Å². The first-order chi connectivity index (χ1) is 27.7. The van der Waals surface area contributed by atoms with Gasteiger partial charge in [-0.1, -0.05) is 97.1 Å². The summed E-state index contributed by atoms with van der Waals surface area (Å²) in [6.07, 6.45) is 9.01. The third kappa shape index (κ3) is 7.67. The van der Waals surface area contributed by atoms with E-state index < -0.39 is 0 Å². The minimum Gasteiger partial charge on any atom is -0.438 e. The molecular weight excluding hydrogens is 697 g/mol. The third-order valence-electron chi connectivity index (χ3n) is 9.61. The van der Waals surface area contributed by atoms with Crippen molar-refractivity contribution < 1.29 is 18.9 Å². The second-order valence-electron chi connectivity index (χ2n) is 13.4. The second-order valence-corrected chi connectivity index (χ2v) is 13.4. The highest BCUT2D eigenvalue weighted by Gasteiger charge is 2.23. The van der Waals surface area contributed by atoms with Gasteiger partial charge < -0.3 is 18.9 Å². The van der Waals surface area contributed by atoms with Crippen LogP contribution in [0.4, 0.5) is 0 Å². The summed E-state index contributed by atoms with van der Waals surface area (Å²) in [5.41, 5.74) is 7.84. The molecule has 56 heavy (non-hydrogen) atoms. The molecule has 1 aliphatic carbocycles. The number of hydrogen-bond donors (Lipinski definition) is 0. The maximum Gasteiger partial charge on any atom is 0.219 e. The van der Waals surface area contributed by atoms with Crippen molar-refractivity contribution in [2.45, 2.75) is 25.7 Å². The number of benzene rings is 4. The SMILES string of the molecule is c1ccc(Oc2c3cccc2Cc2cccc(c2Oc2ccccn2)Cc2cccc(c2Oc2ccccn2)Cc2cccc(c2Oc2ccccn2)C3)nc1. The minimum atomic E-state index is 0.506. The lowest BCUT2D eigenvalue weighted by Crippen LogP contribution is -2.06. The van der Waals surface area contributed by atoms with Crippen molar-refractivity contribution in [3.05, 3.63) is 215 Å². The van der Waals surface area contributed by atoms with Crippen molar-refractivity contribution >= 4 is 0 Å². The van der Waals surface area contributed by atoms with Gasteiger partial charge in [-0.2, -0.15) is 0 Å². The fourth-order valence-electron chi connectivity index (χ4n) is 7.06. The van der Waals surface area contributed by atoms with Crippen LogP contribution in [0.3, 0.4) is 0 Å². The number of aromatic nitrogens is 4. The van der Waals surface area contributed by atoms with E-state index in [4.69, 9.17) is 18.9 Å². The Morgan fingerprint density at radius 2 is 0.464 bits per heavy atom. The van der Waals surface area contributed by atoms with Crippen LogP contribution < -0.4 is 18.9 Å². The Balaban J connectivity index is 1.26. The summed E-state index contributed by atoms with van der Waals surface area (Å²) in [5.74, 6) is 4.96. The van der Waals surface area contributed by atoms with Gasteiger partial charge in [0.05, 0.1) is 0 Å². The Morgan fingerprint density at radius 1 is 0.250 bits per heavy atom. The largest absolute Gasteiger partial charge is 0.438 e. The van der Waals surface area contributed by atoms with Crippen molar-refractivity contribution in [1.29, 1.82) is 0 Å². The Kier molecular flexibility index (Phi) is 9.82. The smallest absolute Gasteiger partial charge is 0.219 e. The van der Waals surface area contributed by atoms with E-state index in [1.165, 1.54) is 0 Å². The molecule has 272 valence electrons. The monoisotopic (exact) mass is 732 g/mol. The van der Waals surface area contributed by atoms with Crippen LogP contribution in [0.2, 0.25) is 0 Å². The van der Waals surface area contributed by atoms with Gasteiger partial charge in [0.1, 0.15) is 23.0 Å². The van der Waals surface area contributed by atoms with Crippen molar-refractivity contribution in [2.24, 2.45) is 0 Å². The van der Waals surface area contributed by atoms with E-state index in [-0.39, 0.29) is 0 Å². The molecule has 0 radical (unpaired) electrons. The lowest BCUT2D eigenvalue weighted by atomic mass is 9.91. The topological polar surface area (TPSA) is 88.5 Å². The van der Waals surface area contributed by atoms with Crippen LogP contribution in [0.25, 0.3) is 0 Å². The van der Waals surface area contributed by atoms with Crippen molar-refractivity contribution in [3.8, 4) is 46.5 Å². The third-order valence-corrected chi connectivity index (χ3v) is 9.61. The number of fused-ring (bicyclic) bond motifs is 8. The van der Waals surface area contributed by atoms with Crippen LogP contribution in [-0.2, 0) is 25.7 Å². The molecule has 8 nitrogen and oxygen atoms in total. The average molecular weight is 733 g/mol. The Bertz CT molecular complexity index is 2140. The summed E-state index contributed by atoms with van der Waals surface area (Å²) in [4.78, 5) is 18.2. The summed E-state index contributed by atoms with van der Waals surface area (Å²) >= 11 is 0. The fourth-order valence-corrected chi connectivity index (χ4v) is 7.06. The first kappa shape index (κ1) is 34.4. The summed E-state index contributed by atoms with van der Waals surface area (Å²) in [6, 6.07) is 47.9. The molecule has 0 spiro atoms. The van der Waals surface area contributed by atoms with Crippen LogP contribution >= 0.6 is 0 Å². The fraction of sp³-hybridized carbons (Fsp3) is 0.0833. The first-order valence-electron chi connectivity index (χ1n) is 18.5. The van der Waals surface area contributed by atoms with Crippen LogP contribution in [0.5, 0.6) is 46.5 Å². The molecule has 0 fully saturated rings. The van der Waals surface area contributed by atoms with Crippen LogP contribution in [0.15, 0.2) is 170 Å². The molecule has 0 saturated carbocycles. The molecular formula is C48H36N4O4. The van der Waals surface area contributed by atoms with Crippen molar-refractivity contribution in [3.63, 3.8) is 0 Å². The van der Waals surface area contributed by atoms with E-state index in [0.29, 0.717) is 49.2 Å². The molecule has 1 aliphatic rings. The number of rotatable bonds is 8. The van der Waals surface area contributed by atoms with Gasteiger partial charge >= 0.3 is 0 Å². The van der Waals surface area contributed by atoms with Crippen molar-refractivity contribution in [1.82, 2.24) is 19.9 Å². The molecule has 0 aliphatic heterocycles. The number of para-hydroxylation sites is 4. The zero-order valence-corrected chi connectivity index (χ0v) is 30.4. The lowest BCUT2D eigenvalue weighted by molar-refractivity contribution is 0.442. The molecule has 8 heteroatoms. The summed E-state index contributed by atoms with van der Waals surface area (Å²) < 4.78 is 26.9. The predicted octanol–water partition coefficient (Wildman–Crippen LogP) is 11.1. The average Bonchev–Trinajstić information content (AvgIpc) is 3.23. The minimum absolute atomic E-state index is 0.506. The second kappa shape index (κ2) is 16.0. The van der Waals surface area contributed by atoms with E-state index in [2.05, 4.69) is 92.7 Å². The lowest BCUT2D eigenvalue weighted by Gasteiger charge is -2.22. The van der Waals surface area contributed by atoms with E-state index in [1.54, 1.807) is 24.8 Å². The van der Waals surface area contributed by atoms with Gasteiger partial charge in [-0.25, -0.2) is 19.9 Å². The molecule has 8 bridgehead atoms. The van der Waals surface area contributed by atoms with E-state index in [1.807, 2.05) is 72.8 Å². The number of hydrogen-bond acceptors (Lipinski definition) is 8. The van der Waals surface area contributed by atoms with Gasteiger partial charge in [-0.05, 0) is 68.8 Å². The highest BCUT2D eigenvalue weighted by atomic mass is 16.5. The van der Waals surface area contributed by atoms with Crippen molar-refractivity contribution in [2.75, 3.05) is 0 Å². The Hall–Kier alpha value is -7.32. The first-order valence-corrected chi connectivity index (χ1v) is 18.5. The number of nitrogens with zero attached hydrogens (tertiary/aromatic N) is 4. The standard InChI is InChI=1S/C48H36N4O4/c1-5-25-49-41(21-1)53-45-33-13-9-14-34(45)30-36-16-11-18-38(47(36)55-43-23-3-7-27-51-43)32-40-20-12-19-39(48(40)56-44-24-4-8-28-52-44)31-37-17-10-15-35(29-33)46(37)54-42-22-2-6-26-50-42/h1-28H,29-32H2. The summed E-state index contributed by atoms with van der Waals surface area (Å²) in [7, 11) is 0. The molecule has 9 rings (SSSR count). The van der Waals surface area contributed by atoms with Crippen LogP contribution in [0, 0.1) is 0 Å². The quantitative estimate of drug-likeness (QED) is 0.153. The summed E-state index contributed by atoms with van der Waals surface area (Å²) in [5, 5.41) is 0. The highest BCUT2D eigenvalue weighted by molar-refractivity contribution is 5.57. The zero-order valence-electron chi connectivity index (χ0n) is 30.4. The molecule has 0 atom stereocenters. The molecule has 8 aromatic rings. The number of ether oxygens (including phenoxy) is 4. The molecule has 0 N–H and O–H groups in total. The van der Waals surface area contributed by atoms with E-state index in [0.717, 1.165) is 67.5 Å². The molecule has 0 unspecified atom stereocenters. The van der Waals surface area contributed by atoms with E-state index in [9.17, 15) is 0 Å². The van der Waals surface area contributed by atoms with Gasteiger partial charge in [0.25, 0.3) is 0 Å². The molecule has 4 heterocycles. The summed E-state index contributed by atoms with van der Waals surface area (Å²) in [6.45, 7) is 0. The molecule has 0 saturated heterocycles. The van der Waals surface area contributed by atoms with Gasteiger partial charge in [0.15, 0.2) is 0 Å². The van der Waals surface area contributed by atoms with Crippen LogP contribution in [-0.4, -0.2) is 19.9 Å². The van der Waals surface area contributed by atoms with Gasteiger partial charge in [-0.15, -0.1) is 0 Å². The van der Waals surface area contributed by atoms with Gasteiger partial charge in [0, 0.05) is 74.7 Å². The van der Waals surface area contributed by atoms with Crippen LogP contribution in [0.1, 0.15) is 44.5 Å². The predicted molar refractivity (Wildman–Crippen MR) is 214 cm³/mol. The Labute approximate surface area is 325 Å². The Morgan fingerprint density at radius 3 is 0.643 bits per heavy atom. The normalized spacial score (nSPS) is 12.0. The molecule has 4 aromatic heterocycles. The van der Waals surface area contributed by atoms with Gasteiger partial charge in [0.2, 0.25) is 23.5 Å². The zero-order chi connectivity index (χ0) is 37.5. The maximum absolute atomic E-state index is 6.71. The molecule has 0 amide bonds. The number of pyridine rings is 4. The highest BCUT2D eigenvalue weighted by Crippen LogP contribution is 2.41. The van der Waals surface area contributed by atoms with Gasteiger partial charge in [-0.3, -0.25) is 0 Å². The maximum atomic E-state index is 6.71.